The number of benzene rings is 1. The number of hydrogen-bond donors (Lipinski definition) is 0. The molecule has 0 aliphatic rings. The van der Waals surface area contributed by atoms with Gasteiger partial charge in [0.2, 0.25) is 6.08 Å². The van der Waals surface area contributed by atoms with Gasteiger partial charge in [-0.2, -0.15) is 0 Å². The zero-order valence-corrected chi connectivity index (χ0v) is 7.02. The molecule has 0 atom stereocenters. The molecule has 0 unspecified atom stereocenters. The maximum atomic E-state index is 9.72. The van der Waals surface area contributed by atoms with E-state index in [2.05, 4.69) is 4.40 Å². The van der Waals surface area contributed by atoms with Crippen LogP contribution in [0, 0.1) is 0 Å². The van der Waals surface area contributed by atoms with Crippen molar-refractivity contribution in [3.8, 4) is 0 Å². The van der Waals surface area contributed by atoms with E-state index >= 15 is 0 Å². The lowest BCUT2D eigenvalue weighted by molar-refractivity contribution is 0.566. The second kappa shape index (κ2) is 4.19. The molecule has 0 amide bonds. The summed E-state index contributed by atoms with van der Waals surface area (Å²) >= 11 is 6.72. The monoisotopic (exact) mass is 185 g/mol. The van der Waals surface area contributed by atoms with Crippen LogP contribution in [0.1, 0.15) is 0 Å². The van der Waals surface area contributed by atoms with E-state index in [0.29, 0.717) is 5.02 Å². The number of isocyanates is 1. The first-order valence-electron chi connectivity index (χ1n) is 2.82. The number of halogens is 1. The van der Waals surface area contributed by atoms with E-state index in [-0.39, 0.29) is 0 Å². The Hall–Kier alpha value is -0.760. The van der Waals surface area contributed by atoms with Crippen LogP contribution in [0.2, 0.25) is 5.02 Å². The number of hydrogen-bond acceptors (Lipinski definition) is 3. The van der Waals surface area contributed by atoms with Crippen molar-refractivity contribution in [1.82, 2.24) is 0 Å². The highest BCUT2D eigenvalue weighted by Gasteiger charge is 1.91. The molecule has 0 saturated heterocycles. The molecule has 0 saturated carbocycles. The van der Waals surface area contributed by atoms with Gasteiger partial charge in [0.1, 0.15) is 0 Å². The molecule has 0 N–H and O–H groups in total. The van der Waals surface area contributed by atoms with Crippen molar-refractivity contribution in [2.24, 2.45) is 4.40 Å². The van der Waals surface area contributed by atoms with E-state index < -0.39 is 0 Å². The molecule has 0 heterocycles. The lowest BCUT2D eigenvalue weighted by Crippen LogP contribution is -1.67. The van der Waals surface area contributed by atoms with Crippen molar-refractivity contribution >= 4 is 29.6 Å². The standard InChI is InChI=1S/C7H4ClNOS/c8-6-2-1-3-7(4-6)11-9-5-10/h1-4H. The second-order valence-electron chi connectivity index (χ2n) is 1.73. The minimum absolute atomic E-state index is 0.635. The van der Waals surface area contributed by atoms with Gasteiger partial charge in [-0.3, -0.25) is 0 Å². The molecule has 0 aliphatic heterocycles. The molecule has 0 radical (unpaired) electrons. The van der Waals surface area contributed by atoms with Crippen molar-refractivity contribution in [3.05, 3.63) is 29.3 Å². The van der Waals surface area contributed by atoms with Gasteiger partial charge in [0, 0.05) is 21.9 Å². The Bertz CT molecular complexity index is 296. The van der Waals surface area contributed by atoms with Crippen molar-refractivity contribution in [2.45, 2.75) is 4.90 Å². The molecule has 0 aromatic heterocycles. The molecular formula is C7H4ClNOS. The molecule has 0 fully saturated rings. The lowest BCUT2D eigenvalue weighted by atomic mass is 10.4. The van der Waals surface area contributed by atoms with E-state index in [0.717, 1.165) is 16.8 Å². The summed E-state index contributed by atoms with van der Waals surface area (Å²) in [4.78, 5) is 10.6. The molecule has 4 heteroatoms. The molecule has 56 valence electrons. The van der Waals surface area contributed by atoms with Gasteiger partial charge < -0.3 is 0 Å². The minimum Gasteiger partial charge on any atom is -0.210 e. The average molecular weight is 186 g/mol. The van der Waals surface area contributed by atoms with Crippen LogP contribution in [0.5, 0.6) is 0 Å². The number of rotatable bonds is 2. The van der Waals surface area contributed by atoms with Gasteiger partial charge in [-0.25, -0.2) is 4.79 Å². The average Bonchev–Trinajstić information content (AvgIpc) is 2.01. The summed E-state index contributed by atoms with van der Waals surface area (Å²) in [6.45, 7) is 0. The topological polar surface area (TPSA) is 29.4 Å². The molecular weight excluding hydrogens is 182 g/mol. The van der Waals surface area contributed by atoms with Crippen molar-refractivity contribution in [2.75, 3.05) is 0 Å². The first-order chi connectivity index (χ1) is 5.33. The van der Waals surface area contributed by atoms with Crippen LogP contribution in [0.3, 0.4) is 0 Å². The van der Waals surface area contributed by atoms with Crippen LogP contribution in [0.4, 0.5) is 0 Å². The quantitative estimate of drug-likeness (QED) is 0.403. The van der Waals surface area contributed by atoms with Gasteiger partial charge in [-0.1, -0.05) is 17.7 Å². The van der Waals surface area contributed by atoms with E-state index in [4.69, 9.17) is 11.6 Å². The molecule has 1 aromatic carbocycles. The van der Waals surface area contributed by atoms with Crippen LogP contribution < -0.4 is 0 Å². The van der Waals surface area contributed by atoms with Gasteiger partial charge in [0.05, 0.1) is 0 Å². The Balaban J connectivity index is 2.79. The maximum Gasteiger partial charge on any atom is 0.247 e. The molecule has 1 aromatic rings. The summed E-state index contributed by atoms with van der Waals surface area (Å²) in [5.41, 5.74) is 0. The Morgan fingerprint density at radius 2 is 2.36 bits per heavy atom. The van der Waals surface area contributed by atoms with Crippen LogP contribution in [0.25, 0.3) is 0 Å². The highest BCUT2D eigenvalue weighted by atomic mass is 35.5. The van der Waals surface area contributed by atoms with Gasteiger partial charge >= 0.3 is 0 Å². The van der Waals surface area contributed by atoms with Gasteiger partial charge in [0.25, 0.3) is 0 Å². The smallest absolute Gasteiger partial charge is 0.210 e. The van der Waals surface area contributed by atoms with Crippen molar-refractivity contribution in [3.63, 3.8) is 0 Å². The SMILES string of the molecule is O=C=NSc1cccc(Cl)c1. The number of carbonyl (C=O) groups excluding carboxylic acids is 1. The van der Waals surface area contributed by atoms with Crippen molar-refractivity contribution in [1.29, 1.82) is 0 Å². The fraction of sp³-hybridized carbons (Fsp3) is 0. The third-order valence-corrected chi connectivity index (χ3v) is 1.85. The first-order valence-corrected chi connectivity index (χ1v) is 3.98. The largest absolute Gasteiger partial charge is 0.247 e. The van der Waals surface area contributed by atoms with E-state index in [9.17, 15) is 4.79 Å². The summed E-state index contributed by atoms with van der Waals surface area (Å²) in [6.07, 6.45) is 1.43. The maximum absolute atomic E-state index is 9.72. The van der Waals surface area contributed by atoms with Crippen molar-refractivity contribution < 1.29 is 4.79 Å². The summed E-state index contributed by atoms with van der Waals surface area (Å²) in [5.74, 6) is 0. The van der Waals surface area contributed by atoms with Crippen LogP contribution >= 0.6 is 23.5 Å². The molecule has 0 bridgehead atoms. The van der Waals surface area contributed by atoms with Gasteiger partial charge in [0.15, 0.2) is 0 Å². The molecule has 1 rings (SSSR count). The Morgan fingerprint density at radius 3 is 3.00 bits per heavy atom. The molecule has 11 heavy (non-hydrogen) atoms. The second-order valence-corrected chi connectivity index (χ2v) is 3.00. The third-order valence-electron chi connectivity index (χ3n) is 0.984. The summed E-state index contributed by atoms with van der Waals surface area (Å²) < 4.78 is 3.34. The summed E-state index contributed by atoms with van der Waals surface area (Å²) in [5, 5.41) is 0.635. The van der Waals surface area contributed by atoms with Gasteiger partial charge in [-0.15, -0.1) is 4.40 Å². The molecule has 0 aliphatic carbocycles. The Morgan fingerprint density at radius 1 is 1.55 bits per heavy atom. The van der Waals surface area contributed by atoms with Gasteiger partial charge in [-0.05, 0) is 18.2 Å². The normalized spacial score (nSPS) is 8.82. The third kappa shape index (κ3) is 2.76. The Labute approximate surface area is 73.4 Å². The molecule has 0 spiro atoms. The Kier molecular flexibility index (Phi) is 3.17. The van der Waals surface area contributed by atoms with E-state index in [1.807, 2.05) is 6.07 Å². The fourth-order valence-corrected chi connectivity index (χ4v) is 1.31. The van der Waals surface area contributed by atoms with E-state index in [1.165, 1.54) is 6.08 Å². The molecule has 2 nitrogen and oxygen atoms in total. The fourth-order valence-electron chi connectivity index (χ4n) is 0.595. The predicted octanol–water partition coefficient (Wildman–Crippen LogP) is 2.68. The van der Waals surface area contributed by atoms with Crippen LogP contribution in [-0.4, -0.2) is 6.08 Å². The lowest BCUT2D eigenvalue weighted by Gasteiger charge is -1.92. The predicted molar refractivity (Wildman–Crippen MR) is 45.4 cm³/mol. The van der Waals surface area contributed by atoms with E-state index in [1.54, 1.807) is 18.2 Å². The zero-order chi connectivity index (χ0) is 8.10. The summed E-state index contributed by atoms with van der Waals surface area (Å²) in [6, 6.07) is 7.10. The summed E-state index contributed by atoms with van der Waals surface area (Å²) in [7, 11) is 0. The zero-order valence-electron chi connectivity index (χ0n) is 5.45. The minimum atomic E-state index is 0.635. The van der Waals surface area contributed by atoms with Crippen LogP contribution in [0.15, 0.2) is 33.6 Å². The highest BCUT2D eigenvalue weighted by molar-refractivity contribution is 7.98. The van der Waals surface area contributed by atoms with Crippen LogP contribution in [-0.2, 0) is 4.79 Å². The first kappa shape index (κ1) is 8.34. The highest BCUT2D eigenvalue weighted by Crippen LogP contribution is 2.21. The number of nitrogens with zero attached hydrogens (tertiary/aromatic N) is 1.